The number of amides is 1. The first-order chi connectivity index (χ1) is 9.69. The topological polar surface area (TPSA) is 58.6 Å². The molecule has 0 atom stereocenters. The Morgan fingerprint density at radius 3 is 2.67 bits per heavy atom. The third kappa shape index (κ3) is 6.25. The van der Waals surface area contributed by atoms with Crippen molar-refractivity contribution in [2.75, 3.05) is 6.54 Å². The van der Waals surface area contributed by atoms with Crippen molar-refractivity contribution in [3.05, 3.63) is 35.4 Å². The summed E-state index contributed by atoms with van der Waals surface area (Å²) in [6, 6.07) is 1.63. The molecular weight excluding hydrogens is 280 g/mol. The van der Waals surface area contributed by atoms with Crippen LogP contribution in [-0.4, -0.2) is 23.3 Å². The lowest BCUT2D eigenvalue weighted by Crippen LogP contribution is -2.32. The van der Waals surface area contributed by atoms with Gasteiger partial charge in [-0.1, -0.05) is 12.2 Å². The number of nitrogens with one attached hydrogen (secondary N) is 1. The minimum absolute atomic E-state index is 0.0461. The first-order valence-electron chi connectivity index (χ1n) is 6.50. The quantitative estimate of drug-likeness (QED) is 0.835. The molecule has 21 heavy (non-hydrogen) atoms. The summed E-state index contributed by atoms with van der Waals surface area (Å²) in [6.07, 6.45) is 2.87. The van der Waals surface area contributed by atoms with Crippen molar-refractivity contribution in [3.8, 4) is 5.75 Å². The summed E-state index contributed by atoms with van der Waals surface area (Å²) >= 11 is 0. The Morgan fingerprint density at radius 2 is 2.05 bits per heavy atom. The number of hydrogen-bond acceptors (Lipinski definition) is 3. The van der Waals surface area contributed by atoms with Gasteiger partial charge in [0, 0.05) is 18.2 Å². The predicted molar refractivity (Wildman–Crippen MR) is 75.9 cm³/mol. The van der Waals surface area contributed by atoms with Gasteiger partial charge in [0.15, 0.2) is 11.6 Å². The number of halogens is 2. The largest absolute Gasteiger partial charge is 0.504 e. The van der Waals surface area contributed by atoms with Gasteiger partial charge in [-0.05, 0) is 33.3 Å². The van der Waals surface area contributed by atoms with E-state index in [2.05, 4.69) is 5.32 Å². The van der Waals surface area contributed by atoms with Crippen LogP contribution in [0, 0.1) is 11.6 Å². The Labute approximate surface area is 122 Å². The van der Waals surface area contributed by atoms with Gasteiger partial charge in [-0.15, -0.1) is 0 Å². The maximum atomic E-state index is 13.1. The maximum Gasteiger partial charge on any atom is 0.407 e. The fourth-order valence-corrected chi connectivity index (χ4v) is 1.49. The number of ether oxygens (including phenoxy) is 1. The van der Waals surface area contributed by atoms with Gasteiger partial charge in [0.25, 0.3) is 0 Å². The summed E-state index contributed by atoms with van der Waals surface area (Å²) in [5, 5.41) is 12.0. The summed E-state index contributed by atoms with van der Waals surface area (Å²) in [6.45, 7) is 5.58. The van der Waals surface area contributed by atoms with Crippen LogP contribution < -0.4 is 5.32 Å². The Morgan fingerprint density at radius 1 is 1.38 bits per heavy atom. The molecule has 0 saturated carbocycles. The molecule has 0 aliphatic rings. The molecule has 0 aromatic heterocycles. The van der Waals surface area contributed by atoms with Gasteiger partial charge in [0.2, 0.25) is 0 Å². The van der Waals surface area contributed by atoms with Crippen LogP contribution in [0.5, 0.6) is 5.75 Å². The van der Waals surface area contributed by atoms with E-state index in [1.807, 2.05) is 0 Å². The summed E-state index contributed by atoms with van der Waals surface area (Å²) in [4.78, 5) is 11.3. The van der Waals surface area contributed by atoms with Crippen LogP contribution in [0.3, 0.4) is 0 Å². The Balaban J connectivity index is 2.45. The number of benzene rings is 1. The van der Waals surface area contributed by atoms with Crippen molar-refractivity contribution in [2.24, 2.45) is 0 Å². The van der Waals surface area contributed by atoms with E-state index in [0.717, 1.165) is 6.07 Å². The van der Waals surface area contributed by atoms with E-state index in [4.69, 9.17) is 4.74 Å². The van der Waals surface area contributed by atoms with Crippen LogP contribution in [0.2, 0.25) is 0 Å². The van der Waals surface area contributed by atoms with Gasteiger partial charge in [-0.25, -0.2) is 13.6 Å². The first-order valence-corrected chi connectivity index (χ1v) is 6.50. The molecule has 4 nitrogen and oxygen atoms in total. The Bertz CT molecular complexity index is 536. The number of alkyl carbamates (subject to hydrolysis) is 1. The van der Waals surface area contributed by atoms with Crippen molar-refractivity contribution in [1.29, 1.82) is 0 Å². The van der Waals surface area contributed by atoms with E-state index in [0.29, 0.717) is 19.0 Å². The molecule has 0 heterocycles. The van der Waals surface area contributed by atoms with Gasteiger partial charge in [-0.3, -0.25) is 0 Å². The lowest BCUT2D eigenvalue weighted by molar-refractivity contribution is 0.0529. The highest BCUT2D eigenvalue weighted by atomic mass is 19.1. The molecule has 0 saturated heterocycles. The van der Waals surface area contributed by atoms with Gasteiger partial charge < -0.3 is 15.2 Å². The predicted octanol–water partition coefficient (Wildman–Crippen LogP) is 3.60. The standard InChI is InChI=1S/C15H19F2NO3/c1-15(2,3)21-14(20)18-7-5-4-6-10-8-11(16)9-12(17)13(10)19/h4,6,8-9,19H,5,7H2,1-3H3,(H,18,20). The molecule has 0 radical (unpaired) electrons. The minimum Gasteiger partial charge on any atom is -0.504 e. The number of phenolic OH excluding ortho intramolecular Hbond substituents is 1. The highest BCUT2D eigenvalue weighted by Crippen LogP contribution is 2.23. The molecular formula is C15H19F2NO3. The second-order valence-corrected chi connectivity index (χ2v) is 5.45. The number of carbonyl (C=O) groups is 1. The van der Waals surface area contributed by atoms with Gasteiger partial charge in [-0.2, -0.15) is 0 Å². The van der Waals surface area contributed by atoms with Crippen LogP contribution in [0.4, 0.5) is 13.6 Å². The lowest BCUT2D eigenvalue weighted by Gasteiger charge is -2.19. The van der Waals surface area contributed by atoms with E-state index in [1.54, 1.807) is 26.8 Å². The van der Waals surface area contributed by atoms with Crippen LogP contribution in [0.1, 0.15) is 32.8 Å². The molecule has 116 valence electrons. The molecule has 1 rings (SSSR count). The summed E-state index contributed by atoms with van der Waals surface area (Å²) in [5.74, 6) is -2.38. The SMILES string of the molecule is CC(C)(C)OC(=O)NCCC=Cc1cc(F)cc(F)c1O. The second-order valence-electron chi connectivity index (χ2n) is 5.45. The van der Waals surface area contributed by atoms with Gasteiger partial charge in [0.1, 0.15) is 11.4 Å². The van der Waals surface area contributed by atoms with Crippen molar-refractivity contribution in [1.82, 2.24) is 5.32 Å². The fraction of sp³-hybridized carbons (Fsp3) is 0.400. The highest BCUT2D eigenvalue weighted by molar-refractivity contribution is 5.67. The van der Waals surface area contributed by atoms with Crippen molar-refractivity contribution < 1.29 is 23.4 Å². The number of phenols is 1. The first kappa shape index (κ1) is 16.9. The Kier molecular flexibility index (Phi) is 5.69. The number of hydrogen-bond donors (Lipinski definition) is 2. The third-order valence-electron chi connectivity index (χ3n) is 2.33. The van der Waals surface area contributed by atoms with Gasteiger partial charge in [0.05, 0.1) is 0 Å². The van der Waals surface area contributed by atoms with Crippen molar-refractivity contribution in [3.63, 3.8) is 0 Å². The average Bonchev–Trinajstić information content (AvgIpc) is 2.32. The molecule has 0 aliphatic heterocycles. The van der Waals surface area contributed by atoms with Gasteiger partial charge >= 0.3 is 6.09 Å². The molecule has 1 aromatic rings. The fourth-order valence-electron chi connectivity index (χ4n) is 1.49. The molecule has 0 bridgehead atoms. The van der Waals surface area contributed by atoms with E-state index in [-0.39, 0.29) is 5.56 Å². The maximum absolute atomic E-state index is 13.1. The van der Waals surface area contributed by atoms with Crippen LogP contribution in [0.15, 0.2) is 18.2 Å². The number of aromatic hydroxyl groups is 1. The van der Waals surface area contributed by atoms with E-state index in [1.165, 1.54) is 6.08 Å². The summed E-state index contributed by atoms with van der Waals surface area (Å²) in [5.41, 5.74) is -0.519. The zero-order chi connectivity index (χ0) is 16.0. The van der Waals surface area contributed by atoms with Crippen molar-refractivity contribution >= 4 is 12.2 Å². The molecule has 1 amide bonds. The molecule has 0 spiro atoms. The molecule has 0 aliphatic carbocycles. The van der Waals surface area contributed by atoms with Crippen LogP contribution >= 0.6 is 0 Å². The monoisotopic (exact) mass is 299 g/mol. The zero-order valence-corrected chi connectivity index (χ0v) is 12.2. The Hall–Kier alpha value is -2.11. The number of rotatable bonds is 4. The zero-order valence-electron chi connectivity index (χ0n) is 12.2. The molecule has 1 aromatic carbocycles. The average molecular weight is 299 g/mol. The van der Waals surface area contributed by atoms with E-state index in [9.17, 15) is 18.7 Å². The van der Waals surface area contributed by atoms with E-state index >= 15 is 0 Å². The second kappa shape index (κ2) is 7.06. The number of carbonyl (C=O) groups excluding carboxylic acids is 1. The third-order valence-corrected chi connectivity index (χ3v) is 2.33. The van der Waals surface area contributed by atoms with Crippen molar-refractivity contribution in [2.45, 2.75) is 32.8 Å². The molecule has 0 fully saturated rings. The molecule has 2 N–H and O–H groups in total. The summed E-state index contributed by atoms with van der Waals surface area (Å²) < 4.78 is 31.1. The summed E-state index contributed by atoms with van der Waals surface area (Å²) in [7, 11) is 0. The van der Waals surface area contributed by atoms with E-state index < -0.39 is 29.1 Å². The molecule has 0 unspecified atom stereocenters. The minimum atomic E-state index is -1.01. The highest BCUT2D eigenvalue weighted by Gasteiger charge is 2.15. The van der Waals surface area contributed by atoms with Crippen LogP contribution in [0.25, 0.3) is 6.08 Å². The lowest BCUT2D eigenvalue weighted by atomic mass is 10.1. The smallest absolute Gasteiger partial charge is 0.407 e. The van der Waals surface area contributed by atoms with Crippen LogP contribution in [-0.2, 0) is 4.74 Å². The molecule has 6 heteroatoms. The normalized spacial score (nSPS) is 11.7.